The predicted octanol–water partition coefficient (Wildman–Crippen LogP) is 3.87. The molecule has 0 saturated heterocycles. The summed E-state index contributed by atoms with van der Waals surface area (Å²) >= 11 is 0. The maximum Gasteiger partial charge on any atom is 0.278 e. The molecule has 1 aliphatic heterocycles. The number of methoxy groups -OCH3 is 1. The lowest BCUT2D eigenvalue weighted by Crippen LogP contribution is -2.35. The first-order valence-electron chi connectivity index (χ1n) is 10.1. The number of benzene rings is 2. The molecule has 6 heteroatoms. The highest BCUT2D eigenvalue weighted by Crippen LogP contribution is 2.31. The molecule has 0 radical (unpaired) electrons. The molecule has 0 atom stereocenters. The number of anilines is 1. The van der Waals surface area contributed by atoms with E-state index in [4.69, 9.17) is 9.47 Å². The van der Waals surface area contributed by atoms with Gasteiger partial charge in [0.2, 0.25) is 0 Å². The topological polar surface area (TPSA) is 67.9 Å². The Hall–Kier alpha value is -3.12. The van der Waals surface area contributed by atoms with Gasteiger partial charge in [0.05, 0.1) is 25.3 Å². The Morgan fingerprint density at radius 2 is 1.77 bits per heavy atom. The van der Waals surface area contributed by atoms with Crippen LogP contribution < -0.4 is 10.1 Å². The van der Waals surface area contributed by atoms with E-state index in [2.05, 4.69) is 19.2 Å². The monoisotopic (exact) mass is 408 g/mol. The van der Waals surface area contributed by atoms with E-state index in [0.717, 1.165) is 17.0 Å². The number of carbonyl (C=O) groups is 2. The standard InChI is InChI=1S/C24H28N2O4/c1-16(2)15-30-20-10-8-18(9-11-20)21-22(25-19-7-5-6-17(3)14-19)24(28)26(23(21)27)12-13-29-4/h5-11,14,16,25H,12-13,15H2,1-4H3. The van der Waals surface area contributed by atoms with E-state index in [9.17, 15) is 9.59 Å². The van der Waals surface area contributed by atoms with Gasteiger partial charge in [-0.3, -0.25) is 14.5 Å². The number of hydrogen-bond acceptors (Lipinski definition) is 5. The van der Waals surface area contributed by atoms with Crippen molar-refractivity contribution in [3.05, 3.63) is 65.4 Å². The minimum absolute atomic E-state index is 0.201. The lowest BCUT2D eigenvalue weighted by atomic mass is 10.0. The van der Waals surface area contributed by atoms with Gasteiger partial charge >= 0.3 is 0 Å². The van der Waals surface area contributed by atoms with Crippen molar-refractivity contribution in [3.63, 3.8) is 0 Å². The van der Waals surface area contributed by atoms with Crippen molar-refractivity contribution in [1.82, 2.24) is 4.90 Å². The molecule has 0 saturated carbocycles. The maximum atomic E-state index is 13.1. The fourth-order valence-corrected chi connectivity index (χ4v) is 3.19. The highest BCUT2D eigenvalue weighted by Gasteiger charge is 2.38. The second kappa shape index (κ2) is 9.59. The lowest BCUT2D eigenvalue weighted by Gasteiger charge is -2.14. The number of nitrogens with zero attached hydrogens (tertiary/aromatic N) is 1. The van der Waals surface area contributed by atoms with Crippen LogP contribution in [0.3, 0.4) is 0 Å². The third-order valence-corrected chi connectivity index (χ3v) is 4.70. The molecular weight excluding hydrogens is 380 g/mol. The summed E-state index contributed by atoms with van der Waals surface area (Å²) in [5.41, 5.74) is 3.11. The Morgan fingerprint density at radius 3 is 2.40 bits per heavy atom. The van der Waals surface area contributed by atoms with Crippen molar-refractivity contribution in [2.24, 2.45) is 5.92 Å². The molecule has 3 rings (SSSR count). The second-order valence-electron chi connectivity index (χ2n) is 7.73. The molecule has 1 N–H and O–H groups in total. The van der Waals surface area contributed by atoms with Gasteiger partial charge in [-0.15, -0.1) is 0 Å². The fourth-order valence-electron chi connectivity index (χ4n) is 3.19. The Labute approximate surface area is 177 Å². The first-order valence-corrected chi connectivity index (χ1v) is 10.1. The molecule has 2 aromatic carbocycles. The number of ether oxygens (including phenoxy) is 2. The zero-order valence-corrected chi connectivity index (χ0v) is 17.9. The van der Waals surface area contributed by atoms with Gasteiger partial charge in [0.15, 0.2) is 0 Å². The molecule has 30 heavy (non-hydrogen) atoms. The van der Waals surface area contributed by atoms with Crippen LogP contribution in [0, 0.1) is 12.8 Å². The van der Waals surface area contributed by atoms with E-state index in [-0.39, 0.29) is 30.7 Å². The number of hydrogen-bond donors (Lipinski definition) is 1. The van der Waals surface area contributed by atoms with Gasteiger partial charge in [-0.2, -0.15) is 0 Å². The third kappa shape index (κ3) is 4.89. The first-order chi connectivity index (χ1) is 14.4. The van der Waals surface area contributed by atoms with Crippen LogP contribution in [0.4, 0.5) is 5.69 Å². The smallest absolute Gasteiger partial charge is 0.278 e. The SMILES string of the molecule is COCCN1C(=O)C(Nc2cccc(C)c2)=C(c2ccc(OCC(C)C)cc2)C1=O. The van der Waals surface area contributed by atoms with Crippen LogP contribution >= 0.6 is 0 Å². The van der Waals surface area contributed by atoms with Crippen LogP contribution in [-0.2, 0) is 14.3 Å². The summed E-state index contributed by atoms with van der Waals surface area (Å²) in [5.74, 6) is 0.465. The van der Waals surface area contributed by atoms with Crippen molar-refractivity contribution < 1.29 is 19.1 Å². The summed E-state index contributed by atoms with van der Waals surface area (Å²) in [6, 6.07) is 15.0. The van der Waals surface area contributed by atoms with Crippen molar-refractivity contribution in [3.8, 4) is 5.75 Å². The van der Waals surface area contributed by atoms with Gasteiger partial charge in [0, 0.05) is 12.8 Å². The number of rotatable bonds is 9. The Bertz CT molecular complexity index is 948. The zero-order chi connectivity index (χ0) is 21.7. The highest BCUT2D eigenvalue weighted by molar-refractivity contribution is 6.36. The van der Waals surface area contributed by atoms with Gasteiger partial charge < -0.3 is 14.8 Å². The Balaban J connectivity index is 1.95. The molecule has 6 nitrogen and oxygen atoms in total. The van der Waals surface area contributed by atoms with Crippen molar-refractivity contribution in [2.45, 2.75) is 20.8 Å². The van der Waals surface area contributed by atoms with Crippen LogP contribution in [0.1, 0.15) is 25.0 Å². The molecule has 2 aromatic rings. The third-order valence-electron chi connectivity index (χ3n) is 4.70. The van der Waals surface area contributed by atoms with Gasteiger partial charge in [-0.05, 0) is 48.2 Å². The van der Waals surface area contributed by atoms with Gasteiger partial charge in [0.1, 0.15) is 11.4 Å². The average Bonchev–Trinajstić information content (AvgIpc) is 2.95. The zero-order valence-electron chi connectivity index (χ0n) is 17.9. The van der Waals surface area contributed by atoms with Crippen LogP contribution in [0.5, 0.6) is 5.75 Å². The van der Waals surface area contributed by atoms with Gasteiger partial charge in [0.25, 0.3) is 11.8 Å². The van der Waals surface area contributed by atoms with E-state index in [0.29, 0.717) is 23.7 Å². The molecule has 0 unspecified atom stereocenters. The lowest BCUT2D eigenvalue weighted by molar-refractivity contribution is -0.137. The summed E-state index contributed by atoms with van der Waals surface area (Å²) < 4.78 is 10.8. The number of amides is 2. The fraction of sp³-hybridized carbons (Fsp3) is 0.333. The Kier molecular flexibility index (Phi) is 6.90. The number of nitrogens with one attached hydrogen (secondary N) is 1. The number of aryl methyl sites for hydroxylation is 1. The molecule has 158 valence electrons. The molecule has 0 fully saturated rings. The van der Waals surface area contributed by atoms with E-state index in [1.807, 2.05) is 55.5 Å². The van der Waals surface area contributed by atoms with Crippen LogP contribution in [0.25, 0.3) is 5.57 Å². The highest BCUT2D eigenvalue weighted by atomic mass is 16.5. The molecule has 1 aliphatic rings. The van der Waals surface area contributed by atoms with E-state index in [1.54, 1.807) is 7.11 Å². The molecule has 2 amide bonds. The van der Waals surface area contributed by atoms with Crippen LogP contribution in [0.2, 0.25) is 0 Å². The first kappa shape index (κ1) is 21.6. The van der Waals surface area contributed by atoms with Gasteiger partial charge in [-0.1, -0.05) is 38.1 Å². The van der Waals surface area contributed by atoms with Crippen LogP contribution in [-0.4, -0.2) is 43.6 Å². The molecule has 1 heterocycles. The maximum absolute atomic E-state index is 13.1. The summed E-state index contributed by atoms with van der Waals surface area (Å²) in [5, 5.41) is 3.17. The number of carbonyl (C=O) groups excluding carboxylic acids is 2. The number of imide groups is 1. The summed E-state index contributed by atoms with van der Waals surface area (Å²) in [6.45, 7) is 7.24. The van der Waals surface area contributed by atoms with E-state index in [1.165, 1.54) is 4.90 Å². The average molecular weight is 408 g/mol. The largest absolute Gasteiger partial charge is 0.493 e. The summed E-state index contributed by atoms with van der Waals surface area (Å²) in [7, 11) is 1.54. The van der Waals surface area contributed by atoms with Crippen LogP contribution in [0.15, 0.2) is 54.2 Å². The molecule has 0 aromatic heterocycles. The molecular formula is C24H28N2O4. The quantitative estimate of drug-likeness (QED) is 0.638. The van der Waals surface area contributed by atoms with E-state index >= 15 is 0 Å². The van der Waals surface area contributed by atoms with Crippen molar-refractivity contribution in [1.29, 1.82) is 0 Å². The second-order valence-corrected chi connectivity index (χ2v) is 7.73. The molecule has 0 aliphatic carbocycles. The Morgan fingerprint density at radius 1 is 1.03 bits per heavy atom. The molecule has 0 spiro atoms. The van der Waals surface area contributed by atoms with E-state index < -0.39 is 0 Å². The molecule has 0 bridgehead atoms. The van der Waals surface area contributed by atoms with Crippen molar-refractivity contribution >= 4 is 23.1 Å². The summed E-state index contributed by atoms with van der Waals surface area (Å²) in [4.78, 5) is 27.4. The minimum Gasteiger partial charge on any atom is -0.493 e. The van der Waals surface area contributed by atoms with Crippen molar-refractivity contribution in [2.75, 3.05) is 32.2 Å². The summed E-state index contributed by atoms with van der Waals surface area (Å²) in [6.07, 6.45) is 0. The normalized spacial score (nSPS) is 14.1. The van der Waals surface area contributed by atoms with Gasteiger partial charge in [-0.25, -0.2) is 0 Å². The predicted molar refractivity (Wildman–Crippen MR) is 117 cm³/mol. The minimum atomic E-state index is -0.353.